The fourth-order valence-corrected chi connectivity index (χ4v) is 4.91. The van der Waals surface area contributed by atoms with Crippen molar-refractivity contribution in [1.82, 2.24) is 19.7 Å². The van der Waals surface area contributed by atoms with Gasteiger partial charge in [-0.25, -0.2) is 19.4 Å². The number of ether oxygens (including phenoxy) is 4. The highest BCUT2D eigenvalue weighted by Crippen LogP contribution is 2.37. The van der Waals surface area contributed by atoms with Gasteiger partial charge in [0, 0.05) is 0 Å². The Morgan fingerprint density at radius 3 is 1.88 bits per heavy atom. The van der Waals surface area contributed by atoms with E-state index in [1.165, 1.54) is 12.5 Å². The van der Waals surface area contributed by atoms with Gasteiger partial charge in [-0.1, -0.05) is 66.2 Å². The zero-order valence-electron chi connectivity index (χ0n) is 22.4. The summed E-state index contributed by atoms with van der Waals surface area (Å²) in [6.07, 6.45) is -1.65. The maximum atomic E-state index is 13.3. The third-order valence-corrected chi connectivity index (χ3v) is 7.06. The van der Waals surface area contributed by atoms with Crippen molar-refractivity contribution in [1.29, 1.82) is 0 Å². The van der Waals surface area contributed by atoms with Crippen LogP contribution in [0.1, 0.15) is 37.3 Å². The number of imidazole rings is 1. The second-order valence-electron chi connectivity index (χ2n) is 9.52. The smallest absolute Gasteiger partial charge is 0.338 e. The third-order valence-electron chi connectivity index (χ3n) is 6.81. The van der Waals surface area contributed by atoms with E-state index in [2.05, 4.69) is 15.2 Å². The summed E-state index contributed by atoms with van der Waals surface area (Å²) in [5.41, 5.74) is 1.65. The molecule has 0 N–H and O–H groups in total. The van der Waals surface area contributed by atoms with Crippen LogP contribution < -0.4 is 0 Å². The summed E-state index contributed by atoms with van der Waals surface area (Å²) in [5.74, 6) is -1.96. The SMILES string of the molecule is O=C(OCC1OC(n2cnc3c(Cl)nncc32)[C@H](OC(=O)c2ccccc2)C1OC(=O)c1ccccc1)c1ccccc1. The minimum Gasteiger partial charge on any atom is -0.459 e. The molecule has 12 heteroatoms. The summed E-state index contributed by atoms with van der Waals surface area (Å²) in [6.45, 7) is -0.316. The zero-order chi connectivity index (χ0) is 29.8. The lowest BCUT2D eigenvalue weighted by Crippen LogP contribution is -2.41. The first-order valence-corrected chi connectivity index (χ1v) is 13.6. The van der Waals surface area contributed by atoms with E-state index >= 15 is 0 Å². The van der Waals surface area contributed by atoms with Crippen LogP contribution in [-0.2, 0) is 18.9 Å². The van der Waals surface area contributed by atoms with Gasteiger partial charge in [-0.3, -0.25) is 4.57 Å². The molecule has 1 fully saturated rings. The number of carbonyl (C=O) groups excluding carboxylic acids is 3. The van der Waals surface area contributed by atoms with Gasteiger partial charge in [0.05, 0.1) is 34.7 Å². The van der Waals surface area contributed by atoms with Crippen molar-refractivity contribution < 1.29 is 33.3 Å². The van der Waals surface area contributed by atoms with E-state index in [0.29, 0.717) is 16.6 Å². The number of carbonyl (C=O) groups is 3. The minimum atomic E-state index is -1.20. The van der Waals surface area contributed by atoms with Crippen molar-refractivity contribution in [3.8, 4) is 0 Å². The lowest BCUT2D eigenvalue weighted by molar-refractivity contribution is -0.0604. The van der Waals surface area contributed by atoms with Crippen molar-refractivity contribution in [3.05, 3.63) is 125 Å². The number of esters is 3. The van der Waals surface area contributed by atoms with Gasteiger partial charge >= 0.3 is 17.9 Å². The van der Waals surface area contributed by atoms with Crippen LogP contribution in [-0.4, -0.2) is 62.6 Å². The fourth-order valence-electron chi connectivity index (χ4n) is 4.72. The van der Waals surface area contributed by atoms with Crippen LogP contribution in [0.5, 0.6) is 0 Å². The molecular weight excluding hydrogens is 576 g/mol. The number of fused-ring (bicyclic) bond motifs is 1. The molecule has 3 unspecified atom stereocenters. The lowest BCUT2D eigenvalue weighted by atomic mass is 10.1. The quantitative estimate of drug-likeness (QED) is 0.183. The van der Waals surface area contributed by atoms with Crippen molar-refractivity contribution in [2.24, 2.45) is 0 Å². The Kier molecular flexibility index (Phi) is 8.07. The van der Waals surface area contributed by atoms with Gasteiger partial charge < -0.3 is 18.9 Å². The molecule has 0 amide bonds. The van der Waals surface area contributed by atoms with E-state index in [9.17, 15) is 14.4 Å². The number of nitrogens with zero attached hydrogens (tertiary/aromatic N) is 4. The molecule has 3 heterocycles. The summed E-state index contributed by atoms with van der Waals surface area (Å²) in [7, 11) is 0. The third kappa shape index (κ3) is 5.94. The summed E-state index contributed by atoms with van der Waals surface area (Å²) >= 11 is 6.21. The van der Waals surface area contributed by atoms with Crippen LogP contribution in [0.15, 0.2) is 104 Å². The van der Waals surface area contributed by atoms with Crippen LogP contribution >= 0.6 is 11.6 Å². The molecule has 1 saturated heterocycles. The Labute approximate surface area is 249 Å². The molecule has 1 aliphatic heterocycles. The van der Waals surface area contributed by atoms with Crippen LogP contribution in [0.4, 0.5) is 0 Å². The average Bonchev–Trinajstić information content (AvgIpc) is 3.63. The molecule has 3 aromatic carbocycles. The molecule has 0 radical (unpaired) electrons. The Hall–Kier alpha value is -5.13. The van der Waals surface area contributed by atoms with Crippen molar-refractivity contribution in [2.45, 2.75) is 24.5 Å². The molecule has 0 spiro atoms. The van der Waals surface area contributed by atoms with Crippen molar-refractivity contribution in [2.75, 3.05) is 6.61 Å². The van der Waals surface area contributed by atoms with Gasteiger partial charge in [0.15, 0.2) is 23.6 Å². The lowest BCUT2D eigenvalue weighted by Gasteiger charge is -2.25. The largest absolute Gasteiger partial charge is 0.459 e. The number of hydrogen-bond acceptors (Lipinski definition) is 10. The minimum absolute atomic E-state index is 0.0625. The molecule has 1 aliphatic rings. The van der Waals surface area contributed by atoms with Gasteiger partial charge in [0.25, 0.3) is 0 Å². The summed E-state index contributed by atoms with van der Waals surface area (Å²) < 4.78 is 25.4. The Morgan fingerprint density at radius 1 is 0.767 bits per heavy atom. The number of benzene rings is 3. The highest BCUT2D eigenvalue weighted by atomic mass is 35.5. The van der Waals surface area contributed by atoms with Gasteiger partial charge in [0.2, 0.25) is 0 Å². The highest BCUT2D eigenvalue weighted by Gasteiger charge is 2.51. The maximum absolute atomic E-state index is 13.3. The topological polar surface area (TPSA) is 132 Å². The molecule has 43 heavy (non-hydrogen) atoms. The van der Waals surface area contributed by atoms with E-state index in [1.54, 1.807) is 95.6 Å². The molecule has 4 atom stereocenters. The van der Waals surface area contributed by atoms with E-state index in [4.69, 9.17) is 30.5 Å². The summed E-state index contributed by atoms with van der Waals surface area (Å²) in [5, 5.41) is 7.79. The first-order chi connectivity index (χ1) is 21.0. The van der Waals surface area contributed by atoms with Gasteiger partial charge in [-0.05, 0) is 36.4 Å². The normalized spacial score (nSPS) is 19.6. The molecule has 0 aliphatic carbocycles. The maximum Gasteiger partial charge on any atom is 0.338 e. The number of aromatic nitrogens is 4. The Bertz CT molecular complexity index is 1750. The molecule has 5 aromatic rings. The molecule has 0 bridgehead atoms. The van der Waals surface area contributed by atoms with E-state index < -0.39 is 42.4 Å². The number of hydrogen-bond donors (Lipinski definition) is 0. The molecule has 0 saturated carbocycles. The van der Waals surface area contributed by atoms with E-state index in [1.807, 2.05) is 0 Å². The molecular formula is C31H23ClN4O7. The molecule has 216 valence electrons. The van der Waals surface area contributed by atoms with Gasteiger partial charge in [-0.2, -0.15) is 5.10 Å². The summed E-state index contributed by atoms with van der Waals surface area (Å²) in [4.78, 5) is 43.7. The Balaban J connectivity index is 1.37. The summed E-state index contributed by atoms with van der Waals surface area (Å²) in [6, 6.07) is 25.1. The predicted molar refractivity (Wildman–Crippen MR) is 152 cm³/mol. The molecule has 6 rings (SSSR count). The van der Waals surface area contributed by atoms with Crippen LogP contribution in [0.3, 0.4) is 0 Å². The highest BCUT2D eigenvalue weighted by molar-refractivity contribution is 6.33. The molecule has 11 nitrogen and oxygen atoms in total. The number of halogens is 1. The van der Waals surface area contributed by atoms with Crippen LogP contribution in [0, 0.1) is 0 Å². The molecule has 2 aromatic heterocycles. The van der Waals surface area contributed by atoms with Crippen LogP contribution in [0.25, 0.3) is 11.0 Å². The zero-order valence-corrected chi connectivity index (χ0v) is 23.1. The predicted octanol–water partition coefficient (Wildman–Crippen LogP) is 4.69. The standard InChI is InChI=1S/C31H23ClN4O7/c32-27-24-22(16-34-35-27)36(18-33-24)28-26(43-31(39)21-14-8-3-9-15-21)25(42-30(38)20-12-6-2-7-13-20)23(41-28)17-40-29(37)19-10-4-1-5-11-19/h1-16,18,23,25-26,28H,17H2/t23?,25?,26-,28?/m1/s1. The number of rotatable bonds is 8. The fraction of sp³-hybridized carbons (Fsp3) is 0.161. The van der Waals surface area contributed by atoms with Crippen molar-refractivity contribution >= 4 is 40.5 Å². The van der Waals surface area contributed by atoms with Crippen LogP contribution in [0.2, 0.25) is 5.15 Å². The monoisotopic (exact) mass is 598 g/mol. The first kappa shape index (κ1) is 28.0. The van der Waals surface area contributed by atoms with Gasteiger partial charge in [-0.15, -0.1) is 5.10 Å². The Morgan fingerprint density at radius 2 is 1.30 bits per heavy atom. The van der Waals surface area contributed by atoms with E-state index in [0.717, 1.165) is 0 Å². The van der Waals surface area contributed by atoms with E-state index in [-0.39, 0.29) is 22.9 Å². The second kappa shape index (κ2) is 12.4. The van der Waals surface area contributed by atoms with Gasteiger partial charge in [0.1, 0.15) is 18.2 Å². The average molecular weight is 599 g/mol. The first-order valence-electron chi connectivity index (χ1n) is 13.2. The second-order valence-corrected chi connectivity index (χ2v) is 9.88. The van der Waals surface area contributed by atoms with Crippen molar-refractivity contribution in [3.63, 3.8) is 0 Å².